The Balaban J connectivity index is 1.46. The molecule has 11 heteroatoms. The molecule has 1 atom stereocenters. The molecule has 1 aliphatic heterocycles. The van der Waals surface area contributed by atoms with E-state index in [0.29, 0.717) is 25.1 Å². The standard InChI is InChI=1S/C19H24N4O5S2/c20-30(27,28)15-6-4-13(5-7-15)8-10-21-19(24)18-16-2-1-3-17(16)22-23(18)14-9-11-29(25,26)12-14/h4-7,14H,1-3,8-12H2,(H,21,24)(H2,20,27,28). The maximum Gasteiger partial charge on any atom is 0.269 e. The summed E-state index contributed by atoms with van der Waals surface area (Å²) in [6.07, 6.45) is 3.51. The highest BCUT2D eigenvalue weighted by Crippen LogP contribution is 2.31. The van der Waals surface area contributed by atoms with Gasteiger partial charge in [-0.05, 0) is 49.8 Å². The summed E-state index contributed by atoms with van der Waals surface area (Å²) in [6, 6.07) is 5.91. The average molecular weight is 453 g/mol. The van der Waals surface area contributed by atoms with Gasteiger partial charge < -0.3 is 5.32 Å². The van der Waals surface area contributed by atoms with Gasteiger partial charge in [0.05, 0.1) is 28.1 Å². The number of fused-ring (bicyclic) bond motifs is 1. The molecule has 0 saturated carbocycles. The number of primary sulfonamides is 1. The van der Waals surface area contributed by atoms with Crippen molar-refractivity contribution in [3.8, 4) is 0 Å². The Morgan fingerprint density at radius 1 is 1.23 bits per heavy atom. The van der Waals surface area contributed by atoms with Crippen LogP contribution in [0.15, 0.2) is 29.2 Å². The molecule has 1 fully saturated rings. The second-order valence-electron chi connectivity index (χ2n) is 7.82. The average Bonchev–Trinajstić information content (AvgIpc) is 3.34. The zero-order valence-electron chi connectivity index (χ0n) is 16.4. The third-order valence-corrected chi connectivity index (χ3v) is 8.33. The van der Waals surface area contributed by atoms with Crippen molar-refractivity contribution in [1.29, 1.82) is 0 Å². The van der Waals surface area contributed by atoms with Crippen LogP contribution in [0.3, 0.4) is 0 Å². The molecule has 2 aromatic rings. The number of carbonyl (C=O) groups excluding carboxylic acids is 1. The van der Waals surface area contributed by atoms with Crippen molar-refractivity contribution in [2.45, 2.75) is 43.0 Å². The van der Waals surface area contributed by atoms with Crippen LogP contribution < -0.4 is 10.5 Å². The maximum absolute atomic E-state index is 13.0. The van der Waals surface area contributed by atoms with E-state index >= 15 is 0 Å². The molecule has 0 radical (unpaired) electrons. The first kappa shape index (κ1) is 21.0. The number of nitrogens with one attached hydrogen (secondary N) is 1. The summed E-state index contributed by atoms with van der Waals surface area (Å²) in [4.78, 5) is 13.0. The lowest BCUT2D eigenvalue weighted by atomic mass is 10.1. The smallest absolute Gasteiger partial charge is 0.269 e. The highest BCUT2D eigenvalue weighted by atomic mass is 32.2. The molecule has 1 aromatic heterocycles. The van der Waals surface area contributed by atoms with Gasteiger partial charge in [0.15, 0.2) is 9.84 Å². The van der Waals surface area contributed by atoms with E-state index in [0.717, 1.165) is 36.1 Å². The first-order valence-electron chi connectivity index (χ1n) is 9.85. The monoisotopic (exact) mass is 452 g/mol. The number of hydrogen-bond acceptors (Lipinski definition) is 6. The van der Waals surface area contributed by atoms with Crippen LogP contribution in [0, 0.1) is 0 Å². The minimum atomic E-state index is -3.73. The van der Waals surface area contributed by atoms with Crippen molar-refractivity contribution >= 4 is 25.8 Å². The van der Waals surface area contributed by atoms with Gasteiger partial charge in [-0.3, -0.25) is 9.48 Å². The second kappa shape index (κ2) is 7.78. The summed E-state index contributed by atoms with van der Waals surface area (Å²) < 4.78 is 48.1. The van der Waals surface area contributed by atoms with Crippen LogP contribution in [-0.2, 0) is 39.1 Å². The predicted molar refractivity (Wildman–Crippen MR) is 110 cm³/mol. The van der Waals surface area contributed by atoms with Gasteiger partial charge >= 0.3 is 0 Å². The lowest BCUT2D eigenvalue weighted by molar-refractivity contribution is 0.0940. The number of aromatic nitrogens is 2. The minimum absolute atomic E-state index is 0.0181. The Morgan fingerprint density at radius 3 is 2.60 bits per heavy atom. The van der Waals surface area contributed by atoms with E-state index in [1.54, 1.807) is 16.8 Å². The number of hydrogen-bond donors (Lipinski definition) is 2. The molecule has 30 heavy (non-hydrogen) atoms. The van der Waals surface area contributed by atoms with Crippen LogP contribution in [0.1, 0.15) is 46.2 Å². The zero-order valence-corrected chi connectivity index (χ0v) is 18.0. The fraction of sp³-hybridized carbons (Fsp3) is 0.474. The summed E-state index contributed by atoms with van der Waals surface area (Å²) in [5, 5.41) is 12.6. The third kappa shape index (κ3) is 4.28. The van der Waals surface area contributed by atoms with Crippen molar-refractivity contribution in [2.24, 2.45) is 5.14 Å². The molecule has 1 unspecified atom stereocenters. The van der Waals surface area contributed by atoms with Crippen LogP contribution in [0.5, 0.6) is 0 Å². The summed E-state index contributed by atoms with van der Waals surface area (Å²) in [5.41, 5.74) is 3.16. The van der Waals surface area contributed by atoms with Crippen molar-refractivity contribution in [1.82, 2.24) is 15.1 Å². The number of benzene rings is 1. The van der Waals surface area contributed by atoms with Crippen molar-refractivity contribution in [3.63, 3.8) is 0 Å². The topological polar surface area (TPSA) is 141 Å². The maximum atomic E-state index is 13.0. The zero-order chi connectivity index (χ0) is 21.5. The lowest BCUT2D eigenvalue weighted by Crippen LogP contribution is -2.30. The molecule has 0 bridgehead atoms. The van der Waals surface area contributed by atoms with Gasteiger partial charge in [0.1, 0.15) is 5.69 Å². The number of sulfone groups is 1. The predicted octanol–water partition coefficient (Wildman–Crippen LogP) is 0.351. The number of sulfonamides is 1. The largest absolute Gasteiger partial charge is 0.350 e. The molecule has 1 amide bonds. The Bertz CT molecular complexity index is 1180. The molecule has 2 aliphatic rings. The number of amides is 1. The quantitative estimate of drug-likeness (QED) is 0.648. The molecule has 9 nitrogen and oxygen atoms in total. The van der Waals surface area contributed by atoms with Crippen LogP contribution >= 0.6 is 0 Å². The highest BCUT2D eigenvalue weighted by Gasteiger charge is 2.35. The molecule has 162 valence electrons. The van der Waals surface area contributed by atoms with Crippen molar-refractivity contribution in [2.75, 3.05) is 18.1 Å². The summed E-state index contributed by atoms with van der Waals surface area (Å²) >= 11 is 0. The molecule has 1 aliphatic carbocycles. The van der Waals surface area contributed by atoms with E-state index in [1.807, 2.05) is 0 Å². The molecule has 0 spiro atoms. The van der Waals surface area contributed by atoms with Crippen LogP contribution in [0.25, 0.3) is 0 Å². The Hall–Kier alpha value is -2.24. The van der Waals surface area contributed by atoms with E-state index in [2.05, 4.69) is 10.4 Å². The van der Waals surface area contributed by atoms with Gasteiger partial charge in [0.25, 0.3) is 5.91 Å². The van der Waals surface area contributed by atoms with Gasteiger partial charge in [0.2, 0.25) is 10.0 Å². The van der Waals surface area contributed by atoms with Gasteiger partial charge in [-0.1, -0.05) is 12.1 Å². The molecular weight excluding hydrogens is 428 g/mol. The van der Waals surface area contributed by atoms with E-state index in [1.165, 1.54) is 12.1 Å². The van der Waals surface area contributed by atoms with Crippen molar-refractivity contribution < 1.29 is 21.6 Å². The number of rotatable bonds is 6. The third-order valence-electron chi connectivity index (χ3n) is 5.65. The molecule has 1 aromatic carbocycles. The first-order chi connectivity index (χ1) is 14.1. The SMILES string of the molecule is NS(=O)(=O)c1ccc(CCNC(=O)c2c3c(nn2C2CCS(=O)(=O)C2)CCC3)cc1. The van der Waals surface area contributed by atoms with Crippen molar-refractivity contribution in [3.05, 3.63) is 46.8 Å². The number of nitrogens with zero attached hydrogens (tertiary/aromatic N) is 2. The number of carbonyl (C=O) groups is 1. The second-order valence-corrected chi connectivity index (χ2v) is 11.6. The van der Waals surface area contributed by atoms with Crippen LogP contribution in [0.4, 0.5) is 0 Å². The van der Waals surface area contributed by atoms with E-state index in [-0.39, 0.29) is 28.4 Å². The normalized spacial score (nSPS) is 20.2. The first-order valence-corrected chi connectivity index (χ1v) is 13.2. The molecule has 4 rings (SSSR count). The molecular formula is C19H24N4O5S2. The summed E-state index contributed by atoms with van der Waals surface area (Å²) in [7, 11) is -6.82. The minimum Gasteiger partial charge on any atom is -0.350 e. The van der Waals surface area contributed by atoms with E-state index < -0.39 is 19.9 Å². The Kier molecular flexibility index (Phi) is 5.45. The van der Waals surface area contributed by atoms with Crippen LogP contribution in [-0.4, -0.2) is 50.6 Å². The number of nitrogens with two attached hydrogens (primary N) is 1. The van der Waals surface area contributed by atoms with Crippen LogP contribution in [0.2, 0.25) is 0 Å². The van der Waals surface area contributed by atoms with Gasteiger partial charge in [-0.2, -0.15) is 5.10 Å². The Labute approximate surface area is 175 Å². The van der Waals surface area contributed by atoms with Gasteiger partial charge in [0, 0.05) is 12.1 Å². The fourth-order valence-corrected chi connectivity index (χ4v) is 6.34. The number of aryl methyl sites for hydroxylation is 1. The molecule has 2 heterocycles. The lowest BCUT2D eigenvalue weighted by Gasteiger charge is -2.14. The summed E-state index contributed by atoms with van der Waals surface area (Å²) in [5.74, 6) is -0.113. The van der Waals surface area contributed by atoms with E-state index in [9.17, 15) is 21.6 Å². The summed E-state index contributed by atoms with van der Waals surface area (Å²) in [6.45, 7) is 0.358. The fourth-order valence-electron chi connectivity index (χ4n) is 4.14. The highest BCUT2D eigenvalue weighted by molar-refractivity contribution is 7.91. The molecule has 1 saturated heterocycles. The molecule has 3 N–H and O–H groups in total. The Morgan fingerprint density at radius 2 is 1.97 bits per heavy atom. The van der Waals surface area contributed by atoms with Gasteiger partial charge in [-0.15, -0.1) is 0 Å². The van der Waals surface area contributed by atoms with E-state index in [4.69, 9.17) is 5.14 Å². The van der Waals surface area contributed by atoms with Gasteiger partial charge in [-0.25, -0.2) is 22.0 Å².